The molecular weight excluding hydrogens is 272 g/mol. The molecule has 0 spiro atoms. The molecule has 1 N–H and O–H groups in total. The molecule has 1 heterocycles. The maximum absolute atomic E-state index is 13.7. The van der Waals surface area contributed by atoms with Crippen molar-refractivity contribution in [1.82, 2.24) is 15.1 Å². The number of halogens is 2. The second-order valence-electron chi connectivity index (χ2n) is 6.23. The maximum atomic E-state index is 13.7. The van der Waals surface area contributed by atoms with Gasteiger partial charge in [-0.15, -0.1) is 0 Å². The number of benzene rings is 1. The zero-order valence-electron chi connectivity index (χ0n) is 12.9. The van der Waals surface area contributed by atoms with Gasteiger partial charge in [0.2, 0.25) is 0 Å². The predicted octanol–water partition coefficient (Wildman–Crippen LogP) is 3.41. The quantitative estimate of drug-likeness (QED) is 0.936. The van der Waals surface area contributed by atoms with Crippen LogP contribution in [-0.2, 0) is 13.1 Å². The fraction of sp³-hybridized carbons (Fsp3) is 0.438. The highest BCUT2D eigenvalue weighted by atomic mass is 19.2. The minimum absolute atomic E-state index is 0.0171. The number of aromatic nitrogens is 2. The Morgan fingerprint density at radius 2 is 1.90 bits per heavy atom. The predicted molar refractivity (Wildman–Crippen MR) is 79.0 cm³/mol. The molecule has 1 aromatic heterocycles. The van der Waals surface area contributed by atoms with E-state index < -0.39 is 11.6 Å². The highest BCUT2D eigenvalue weighted by Gasteiger charge is 2.14. The molecule has 0 amide bonds. The number of nitrogens with zero attached hydrogens (tertiary/aromatic N) is 2. The summed E-state index contributed by atoms with van der Waals surface area (Å²) >= 11 is 0. The van der Waals surface area contributed by atoms with Crippen LogP contribution in [0.4, 0.5) is 8.78 Å². The Morgan fingerprint density at radius 1 is 1.19 bits per heavy atom. The number of nitrogens with one attached hydrogen (secondary N) is 1. The monoisotopic (exact) mass is 293 g/mol. The van der Waals surface area contributed by atoms with Crippen LogP contribution in [0.2, 0.25) is 0 Å². The van der Waals surface area contributed by atoms with Crippen LogP contribution in [-0.4, -0.2) is 15.3 Å². The lowest BCUT2D eigenvalue weighted by molar-refractivity contribution is 0.423. The summed E-state index contributed by atoms with van der Waals surface area (Å²) in [5.74, 6) is -1.63. The van der Waals surface area contributed by atoms with Crippen LogP contribution >= 0.6 is 0 Å². The summed E-state index contributed by atoms with van der Waals surface area (Å²) in [4.78, 5) is 0. The van der Waals surface area contributed by atoms with Crippen molar-refractivity contribution in [3.63, 3.8) is 0 Å². The van der Waals surface area contributed by atoms with Gasteiger partial charge in [-0.1, -0.05) is 12.1 Å². The third kappa shape index (κ3) is 3.88. The van der Waals surface area contributed by atoms with E-state index in [9.17, 15) is 8.78 Å². The second-order valence-corrected chi connectivity index (χ2v) is 6.23. The molecule has 0 aliphatic heterocycles. The summed E-state index contributed by atoms with van der Waals surface area (Å²) in [6.07, 6.45) is 1.77. The van der Waals surface area contributed by atoms with Crippen molar-refractivity contribution in [1.29, 1.82) is 0 Å². The Kier molecular flexibility index (Phi) is 4.42. The minimum Gasteiger partial charge on any atom is -0.308 e. The van der Waals surface area contributed by atoms with E-state index in [0.29, 0.717) is 12.1 Å². The van der Waals surface area contributed by atoms with E-state index in [-0.39, 0.29) is 12.1 Å². The lowest BCUT2D eigenvalue weighted by Crippen LogP contribution is -2.35. The first-order chi connectivity index (χ1) is 9.78. The third-order valence-electron chi connectivity index (χ3n) is 3.37. The highest BCUT2D eigenvalue weighted by Crippen LogP contribution is 2.15. The molecule has 0 fully saturated rings. The van der Waals surface area contributed by atoms with Gasteiger partial charge in [-0.25, -0.2) is 8.78 Å². The van der Waals surface area contributed by atoms with Gasteiger partial charge in [0.05, 0.1) is 12.7 Å². The van der Waals surface area contributed by atoms with Gasteiger partial charge in [-0.05, 0) is 33.8 Å². The normalized spacial score (nSPS) is 11.9. The molecule has 2 rings (SSSR count). The summed E-state index contributed by atoms with van der Waals surface area (Å²) in [5, 5.41) is 7.66. The molecule has 0 bridgehead atoms. The Balaban J connectivity index is 2.15. The Morgan fingerprint density at radius 3 is 2.57 bits per heavy atom. The van der Waals surface area contributed by atoms with Gasteiger partial charge in [0.15, 0.2) is 11.6 Å². The molecule has 2 aromatic rings. The first-order valence-electron chi connectivity index (χ1n) is 6.97. The number of rotatable bonds is 4. The molecule has 0 aliphatic carbocycles. The fourth-order valence-electron chi connectivity index (χ4n) is 2.01. The molecule has 114 valence electrons. The number of hydrogen-bond acceptors (Lipinski definition) is 2. The average Bonchev–Trinajstić information content (AvgIpc) is 2.73. The molecule has 0 atom stereocenters. The Hall–Kier alpha value is -1.75. The third-order valence-corrected chi connectivity index (χ3v) is 3.37. The molecule has 0 aliphatic rings. The standard InChI is InChI=1S/C16H21F2N3/c1-11-13(8-19-16(2,3)4)9-20-21(11)10-12-6-5-7-14(17)15(12)18/h5-7,9,19H,8,10H2,1-4H3. The smallest absolute Gasteiger partial charge is 0.163 e. The summed E-state index contributed by atoms with van der Waals surface area (Å²) < 4.78 is 28.6. The first-order valence-corrected chi connectivity index (χ1v) is 6.97. The van der Waals surface area contributed by atoms with Crippen molar-refractivity contribution in [2.24, 2.45) is 0 Å². The number of hydrogen-bond donors (Lipinski definition) is 1. The van der Waals surface area contributed by atoms with E-state index in [0.717, 1.165) is 17.3 Å². The summed E-state index contributed by atoms with van der Waals surface area (Å²) in [6, 6.07) is 4.20. The average molecular weight is 293 g/mol. The van der Waals surface area contributed by atoms with E-state index in [1.54, 1.807) is 16.9 Å². The fourth-order valence-corrected chi connectivity index (χ4v) is 2.01. The van der Waals surface area contributed by atoms with E-state index in [1.807, 2.05) is 6.92 Å². The highest BCUT2D eigenvalue weighted by molar-refractivity contribution is 5.22. The van der Waals surface area contributed by atoms with Crippen LogP contribution in [0.15, 0.2) is 24.4 Å². The van der Waals surface area contributed by atoms with Crippen LogP contribution in [0.1, 0.15) is 37.6 Å². The van der Waals surface area contributed by atoms with Crippen LogP contribution in [0.3, 0.4) is 0 Å². The topological polar surface area (TPSA) is 29.9 Å². The molecule has 3 nitrogen and oxygen atoms in total. The lowest BCUT2D eigenvalue weighted by Gasteiger charge is -2.20. The summed E-state index contributed by atoms with van der Waals surface area (Å²) in [7, 11) is 0. The first kappa shape index (κ1) is 15.6. The van der Waals surface area contributed by atoms with Crippen LogP contribution in [0.5, 0.6) is 0 Å². The second kappa shape index (κ2) is 5.93. The van der Waals surface area contributed by atoms with E-state index >= 15 is 0 Å². The Bertz CT molecular complexity index is 627. The van der Waals surface area contributed by atoms with Crippen LogP contribution in [0.25, 0.3) is 0 Å². The van der Waals surface area contributed by atoms with E-state index in [4.69, 9.17) is 0 Å². The van der Waals surface area contributed by atoms with Crippen molar-refractivity contribution < 1.29 is 8.78 Å². The zero-order chi connectivity index (χ0) is 15.6. The summed E-state index contributed by atoms with van der Waals surface area (Å²) in [5.41, 5.74) is 2.33. The van der Waals surface area contributed by atoms with Gasteiger partial charge in [0.25, 0.3) is 0 Å². The van der Waals surface area contributed by atoms with Crippen molar-refractivity contribution in [3.05, 3.63) is 52.9 Å². The van der Waals surface area contributed by atoms with Crippen molar-refractivity contribution in [2.45, 2.75) is 46.3 Å². The van der Waals surface area contributed by atoms with Crippen LogP contribution in [0, 0.1) is 18.6 Å². The van der Waals surface area contributed by atoms with E-state index in [2.05, 4.69) is 31.2 Å². The van der Waals surface area contributed by atoms with Gasteiger partial charge >= 0.3 is 0 Å². The van der Waals surface area contributed by atoms with Crippen molar-refractivity contribution in [2.75, 3.05) is 0 Å². The molecule has 5 heteroatoms. The van der Waals surface area contributed by atoms with Crippen LogP contribution < -0.4 is 5.32 Å². The van der Waals surface area contributed by atoms with Gasteiger partial charge in [-0.2, -0.15) is 5.10 Å². The summed E-state index contributed by atoms with van der Waals surface area (Å²) in [6.45, 7) is 9.13. The largest absolute Gasteiger partial charge is 0.308 e. The SMILES string of the molecule is Cc1c(CNC(C)(C)C)cnn1Cc1cccc(F)c1F. The minimum atomic E-state index is -0.827. The lowest BCUT2D eigenvalue weighted by atomic mass is 10.1. The molecule has 0 saturated carbocycles. The maximum Gasteiger partial charge on any atom is 0.163 e. The van der Waals surface area contributed by atoms with Gasteiger partial charge in [-0.3, -0.25) is 4.68 Å². The Labute approximate surface area is 124 Å². The zero-order valence-corrected chi connectivity index (χ0v) is 12.9. The molecule has 0 radical (unpaired) electrons. The van der Waals surface area contributed by atoms with Gasteiger partial charge < -0.3 is 5.32 Å². The molecule has 1 aromatic carbocycles. The molecular formula is C16H21F2N3. The molecule has 0 unspecified atom stereocenters. The van der Waals surface area contributed by atoms with Gasteiger partial charge in [0, 0.05) is 28.9 Å². The molecule has 21 heavy (non-hydrogen) atoms. The van der Waals surface area contributed by atoms with Gasteiger partial charge in [0.1, 0.15) is 0 Å². The van der Waals surface area contributed by atoms with E-state index in [1.165, 1.54) is 6.07 Å². The molecule has 0 saturated heterocycles. The van der Waals surface area contributed by atoms with Crippen molar-refractivity contribution >= 4 is 0 Å². The van der Waals surface area contributed by atoms with Crippen molar-refractivity contribution in [3.8, 4) is 0 Å².